The third-order valence-corrected chi connectivity index (χ3v) is 8.63. The van der Waals surface area contributed by atoms with Crippen molar-refractivity contribution < 1.29 is 18.3 Å². The van der Waals surface area contributed by atoms with Crippen molar-refractivity contribution in [2.75, 3.05) is 43.1 Å². The summed E-state index contributed by atoms with van der Waals surface area (Å²) in [5.41, 5.74) is 7.71. The molecule has 0 saturated carbocycles. The fourth-order valence-electron chi connectivity index (χ4n) is 6.29. The smallest absolute Gasteiger partial charge is 0.229 e. The van der Waals surface area contributed by atoms with Gasteiger partial charge in [0.1, 0.15) is 11.6 Å². The van der Waals surface area contributed by atoms with Gasteiger partial charge in [0, 0.05) is 44.5 Å². The van der Waals surface area contributed by atoms with Crippen LogP contribution in [0.3, 0.4) is 0 Å². The Morgan fingerprint density at radius 1 is 1.13 bits per heavy atom. The van der Waals surface area contributed by atoms with Crippen molar-refractivity contribution in [3.8, 4) is 23.4 Å². The van der Waals surface area contributed by atoms with E-state index in [0.717, 1.165) is 5.69 Å². The number of pyridine rings is 1. The Labute approximate surface area is 259 Å². The number of nitrogens with zero attached hydrogens (tertiary/aromatic N) is 7. The van der Waals surface area contributed by atoms with Crippen molar-refractivity contribution in [3.63, 3.8) is 0 Å². The quantitative estimate of drug-likeness (QED) is 0.273. The maximum Gasteiger partial charge on any atom is 0.229 e. The summed E-state index contributed by atoms with van der Waals surface area (Å²) in [6, 6.07) is 11.7. The summed E-state index contributed by atoms with van der Waals surface area (Å²) in [5.74, 6) is -1.16. The highest BCUT2D eigenvalue weighted by Crippen LogP contribution is 2.38. The average molecular weight is 614 g/mol. The van der Waals surface area contributed by atoms with Crippen LogP contribution in [0.4, 0.5) is 26.1 Å². The van der Waals surface area contributed by atoms with Crippen molar-refractivity contribution in [1.82, 2.24) is 19.6 Å². The van der Waals surface area contributed by atoms with E-state index < -0.39 is 17.0 Å². The lowest BCUT2D eigenvalue weighted by Gasteiger charge is -2.42. The molecule has 1 aromatic carbocycles. The van der Waals surface area contributed by atoms with Crippen LogP contribution in [-0.4, -0.2) is 64.6 Å². The normalized spacial score (nSPS) is 21.3. The molecule has 0 aliphatic carbocycles. The number of halogens is 2. The first kappa shape index (κ1) is 30.3. The van der Waals surface area contributed by atoms with E-state index in [2.05, 4.69) is 44.3 Å². The molecule has 3 atom stereocenters. The van der Waals surface area contributed by atoms with Gasteiger partial charge in [0.2, 0.25) is 5.95 Å². The Hall–Kier alpha value is -4.69. The fraction of sp³-hybridized carbons (Fsp3) is 0.406. The van der Waals surface area contributed by atoms with Gasteiger partial charge in [0.15, 0.2) is 0 Å². The van der Waals surface area contributed by atoms with Gasteiger partial charge in [-0.05, 0) is 48.7 Å². The molecular weight excluding hydrogens is 580 g/mol. The molecule has 3 N–H and O–H groups in total. The number of fused-ring (bicyclic) bond motifs is 1. The molecule has 232 valence electrons. The first-order chi connectivity index (χ1) is 21.8. The number of imidazole rings is 1. The number of anilines is 3. The van der Waals surface area contributed by atoms with Gasteiger partial charge in [-0.1, -0.05) is 6.92 Å². The Bertz CT molecular complexity index is 1740. The number of nitrogens with two attached hydrogens (primary N) is 1. The van der Waals surface area contributed by atoms with Crippen LogP contribution in [0, 0.1) is 40.2 Å². The van der Waals surface area contributed by atoms with Crippen LogP contribution in [0.25, 0.3) is 16.8 Å². The number of hydrogen-bond acceptors (Lipinski definition) is 10. The Balaban J connectivity index is 1.28. The number of benzene rings is 1. The second-order valence-corrected chi connectivity index (χ2v) is 11.6. The van der Waals surface area contributed by atoms with Gasteiger partial charge in [-0.3, -0.25) is 4.98 Å². The minimum atomic E-state index is -1.000. The molecule has 0 spiro atoms. The third kappa shape index (κ3) is 5.90. The lowest BCUT2D eigenvalue weighted by atomic mass is 9.75. The first-order valence-electron chi connectivity index (χ1n) is 14.9. The molecule has 11 nitrogen and oxygen atoms in total. The van der Waals surface area contributed by atoms with Crippen LogP contribution in [0.2, 0.25) is 0 Å². The van der Waals surface area contributed by atoms with E-state index in [1.807, 2.05) is 6.07 Å². The fourth-order valence-corrected chi connectivity index (χ4v) is 6.29. The predicted octanol–water partition coefficient (Wildman–Crippen LogP) is 4.47. The predicted molar refractivity (Wildman–Crippen MR) is 163 cm³/mol. The highest BCUT2D eigenvalue weighted by Gasteiger charge is 2.37. The molecule has 0 radical (unpaired) electrons. The standard InChI is InChI=1S/C32H33F2N9O2/c1-20-17-42(18-25(37)30(20)45-10-2-8-35)28-5-9-38-16-27(28)40-31-39-15-22-3-4-26(41-43(22)31)29-23(33)13-21(14-24(29)34)32(19-36)6-11-44-12-7-32/h3-5,9,13-16,20,25,30H,2,6-7,10-12,17-18,37H2,1H3,(H,39,40). The minimum Gasteiger partial charge on any atom is -0.381 e. The van der Waals surface area contributed by atoms with Crippen LogP contribution in [-0.2, 0) is 14.9 Å². The molecule has 2 aliphatic heterocycles. The van der Waals surface area contributed by atoms with Crippen LogP contribution < -0.4 is 16.0 Å². The van der Waals surface area contributed by atoms with Crippen molar-refractivity contribution >= 4 is 22.8 Å². The molecule has 2 fully saturated rings. The molecule has 2 aliphatic rings. The lowest BCUT2D eigenvalue weighted by Crippen LogP contribution is -2.56. The first-order valence-corrected chi connectivity index (χ1v) is 14.9. The van der Waals surface area contributed by atoms with Gasteiger partial charge in [-0.25, -0.2) is 13.8 Å². The molecule has 0 amide bonds. The Kier molecular flexibility index (Phi) is 8.59. The summed E-state index contributed by atoms with van der Waals surface area (Å²) in [5, 5.41) is 26.6. The van der Waals surface area contributed by atoms with Gasteiger partial charge in [0.25, 0.3) is 0 Å². The molecule has 4 aromatic rings. The SMILES string of the molecule is CC1CN(c2ccncc2Nc2ncc3ccc(-c4c(F)cc(C5(C#N)CCOCC5)cc4F)nn23)CC(N)C1OCCC#N. The molecule has 3 aromatic heterocycles. The summed E-state index contributed by atoms with van der Waals surface area (Å²) in [4.78, 5) is 10.9. The number of hydrogen-bond donors (Lipinski definition) is 2. The van der Waals surface area contributed by atoms with Crippen LogP contribution in [0.1, 0.15) is 31.7 Å². The zero-order valence-electron chi connectivity index (χ0n) is 24.8. The number of nitrogens with one attached hydrogen (secondary N) is 1. The molecule has 45 heavy (non-hydrogen) atoms. The molecule has 2 saturated heterocycles. The van der Waals surface area contributed by atoms with Crippen molar-refractivity contribution in [1.29, 1.82) is 10.5 Å². The maximum atomic E-state index is 15.6. The summed E-state index contributed by atoms with van der Waals surface area (Å²) >= 11 is 0. The zero-order chi connectivity index (χ0) is 31.6. The number of piperidine rings is 1. The van der Waals surface area contributed by atoms with Gasteiger partial charge < -0.3 is 25.4 Å². The van der Waals surface area contributed by atoms with Crippen molar-refractivity contribution in [3.05, 3.63) is 66.1 Å². The van der Waals surface area contributed by atoms with Crippen molar-refractivity contribution in [2.45, 2.75) is 43.7 Å². The van der Waals surface area contributed by atoms with Crippen molar-refractivity contribution in [2.24, 2.45) is 11.7 Å². The summed E-state index contributed by atoms with van der Waals surface area (Å²) in [7, 11) is 0. The summed E-state index contributed by atoms with van der Waals surface area (Å²) in [6.45, 7) is 4.32. The number of rotatable bonds is 8. The van der Waals surface area contributed by atoms with Gasteiger partial charge in [0.05, 0.1) is 77.2 Å². The van der Waals surface area contributed by atoms with Gasteiger partial charge >= 0.3 is 0 Å². The number of ether oxygens (including phenoxy) is 2. The Morgan fingerprint density at radius 2 is 1.91 bits per heavy atom. The van der Waals surface area contributed by atoms with E-state index in [1.165, 1.54) is 22.7 Å². The lowest BCUT2D eigenvalue weighted by molar-refractivity contribution is -0.00331. The topological polar surface area (TPSA) is 150 Å². The highest BCUT2D eigenvalue weighted by atomic mass is 19.1. The third-order valence-electron chi connectivity index (χ3n) is 8.63. The Morgan fingerprint density at radius 3 is 2.62 bits per heavy atom. The molecule has 6 rings (SSSR count). The van der Waals surface area contributed by atoms with E-state index in [1.54, 1.807) is 24.7 Å². The van der Waals surface area contributed by atoms with Gasteiger partial charge in [-0.2, -0.15) is 20.1 Å². The van der Waals surface area contributed by atoms with Crippen LogP contribution in [0.15, 0.2) is 48.9 Å². The maximum absolute atomic E-state index is 15.6. The van der Waals surface area contributed by atoms with Crippen LogP contribution >= 0.6 is 0 Å². The van der Waals surface area contributed by atoms with E-state index in [0.29, 0.717) is 74.9 Å². The molecule has 13 heteroatoms. The second-order valence-electron chi connectivity index (χ2n) is 11.6. The molecule has 5 heterocycles. The second kappa shape index (κ2) is 12.7. The molecule has 3 unspecified atom stereocenters. The minimum absolute atomic E-state index is 0.0766. The number of nitriles is 2. The van der Waals surface area contributed by atoms with E-state index >= 15 is 8.78 Å². The van der Waals surface area contributed by atoms with E-state index in [9.17, 15) is 5.26 Å². The van der Waals surface area contributed by atoms with Gasteiger partial charge in [-0.15, -0.1) is 0 Å². The summed E-state index contributed by atoms with van der Waals surface area (Å²) in [6.07, 6.45) is 5.85. The monoisotopic (exact) mass is 613 g/mol. The highest BCUT2D eigenvalue weighted by molar-refractivity contribution is 5.74. The van der Waals surface area contributed by atoms with E-state index in [4.69, 9.17) is 20.5 Å². The molecule has 0 bridgehead atoms. The summed E-state index contributed by atoms with van der Waals surface area (Å²) < 4.78 is 43.9. The zero-order valence-corrected chi connectivity index (χ0v) is 24.8. The largest absolute Gasteiger partial charge is 0.381 e. The van der Waals surface area contributed by atoms with E-state index in [-0.39, 0.29) is 29.3 Å². The number of aromatic nitrogens is 4. The average Bonchev–Trinajstić information content (AvgIpc) is 3.44. The van der Waals surface area contributed by atoms with Crippen LogP contribution in [0.5, 0.6) is 0 Å². The molecular formula is C32H33F2N9O2.